The van der Waals surface area contributed by atoms with Gasteiger partial charge in [-0.3, -0.25) is 4.79 Å². The number of benzene rings is 2. The summed E-state index contributed by atoms with van der Waals surface area (Å²) in [7, 11) is 0. The normalized spacial score (nSPS) is 11.6. The van der Waals surface area contributed by atoms with E-state index in [0.29, 0.717) is 17.2 Å². The van der Waals surface area contributed by atoms with E-state index in [9.17, 15) is 4.79 Å². The molecule has 166 valence electrons. The van der Waals surface area contributed by atoms with Crippen LogP contribution in [0.2, 0.25) is 0 Å². The van der Waals surface area contributed by atoms with Gasteiger partial charge in [0.2, 0.25) is 5.88 Å². The highest BCUT2D eigenvalue weighted by molar-refractivity contribution is 5.95. The molecule has 2 aromatic heterocycles. The highest BCUT2D eigenvalue weighted by atomic mass is 16.5. The maximum absolute atomic E-state index is 12.9. The fourth-order valence-corrected chi connectivity index (χ4v) is 3.45. The van der Waals surface area contributed by atoms with E-state index >= 15 is 0 Å². The van der Waals surface area contributed by atoms with Crippen molar-refractivity contribution in [2.75, 3.05) is 0 Å². The van der Waals surface area contributed by atoms with Crippen molar-refractivity contribution in [1.29, 1.82) is 0 Å². The van der Waals surface area contributed by atoms with Crippen LogP contribution in [0.15, 0.2) is 79.1 Å². The van der Waals surface area contributed by atoms with Crippen molar-refractivity contribution in [3.63, 3.8) is 0 Å². The highest BCUT2D eigenvalue weighted by Gasteiger charge is 2.16. The SMILES string of the molecule is CCc1nccc(-c2cccnc2Oc2cc(C(=O)N[C@H](C)c3ccccc3)ccc2C)n1. The van der Waals surface area contributed by atoms with Crippen LogP contribution in [-0.4, -0.2) is 20.9 Å². The van der Waals surface area contributed by atoms with Gasteiger partial charge < -0.3 is 10.1 Å². The average Bonchev–Trinajstić information content (AvgIpc) is 2.86. The van der Waals surface area contributed by atoms with E-state index in [0.717, 1.165) is 34.6 Å². The molecule has 0 bridgehead atoms. The van der Waals surface area contributed by atoms with Crippen molar-refractivity contribution in [1.82, 2.24) is 20.3 Å². The Morgan fingerprint density at radius 2 is 1.82 bits per heavy atom. The number of aromatic nitrogens is 3. The molecule has 0 radical (unpaired) electrons. The predicted molar refractivity (Wildman–Crippen MR) is 128 cm³/mol. The molecule has 4 rings (SSSR count). The summed E-state index contributed by atoms with van der Waals surface area (Å²) in [5.74, 6) is 1.59. The van der Waals surface area contributed by atoms with E-state index in [-0.39, 0.29) is 11.9 Å². The van der Waals surface area contributed by atoms with Gasteiger partial charge in [-0.2, -0.15) is 0 Å². The topological polar surface area (TPSA) is 77.0 Å². The van der Waals surface area contributed by atoms with Crippen molar-refractivity contribution in [2.24, 2.45) is 0 Å². The van der Waals surface area contributed by atoms with E-state index in [2.05, 4.69) is 20.3 Å². The summed E-state index contributed by atoms with van der Waals surface area (Å²) in [5, 5.41) is 3.05. The summed E-state index contributed by atoms with van der Waals surface area (Å²) < 4.78 is 6.20. The minimum Gasteiger partial charge on any atom is -0.438 e. The first-order valence-electron chi connectivity index (χ1n) is 11.0. The Morgan fingerprint density at radius 3 is 2.61 bits per heavy atom. The second kappa shape index (κ2) is 10.0. The molecule has 0 unspecified atom stereocenters. The molecule has 0 aliphatic rings. The van der Waals surface area contributed by atoms with Crippen LogP contribution < -0.4 is 10.1 Å². The van der Waals surface area contributed by atoms with E-state index < -0.39 is 0 Å². The molecule has 6 heteroatoms. The zero-order valence-electron chi connectivity index (χ0n) is 18.9. The van der Waals surface area contributed by atoms with Gasteiger partial charge in [-0.1, -0.05) is 43.3 Å². The summed E-state index contributed by atoms with van der Waals surface area (Å²) in [5.41, 5.74) is 3.97. The van der Waals surface area contributed by atoms with Crippen LogP contribution in [0.5, 0.6) is 11.6 Å². The fourth-order valence-electron chi connectivity index (χ4n) is 3.45. The van der Waals surface area contributed by atoms with Gasteiger partial charge in [-0.05, 0) is 55.3 Å². The zero-order chi connectivity index (χ0) is 23.2. The lowest BCUT2D eigenvalue weighted by Gasteiger charge is -2.16. The molecule has 4 aromatic rings. The summed E-state index contributed by atoms with van der Waals surface area (Å²) in [4.78, 5) is 26.2. The number of pyridine rings is 1. The Kier molecular flexibility index (Phi) is 6.74. The van der Waals surface area contributed by atoms with E-state index in [1.807, 2.05) is 75.4 Å². The monoisotopic (exact) mass is 438 g/mol. The molecule has 1 N–H and O–H groups in total. The smallest absolute Gasteiger partial charge is 0.251 e. The number of nitrogens with one attached hydrogen (secondary N) is 1. The van der Waals surface area contributed by atoms with Gasteiger partial charge in [-0.25, -0.2) is 15.0 Å². The number of aryl methyl sites for hydroxylation is 2. The highest BCUT2D eigenvalue weighted by Crippen LogP contribution is 2.32. The molecule has 2 aromatic carbocycles. The van der Waals surface area contributed by atoms with Crippen molar-refractivity contribution in [2.45, 2.75) is 33.2 Å². The summed E-state index contributed by atoms with van der Waals surface area (Å²) >= 11 is 0. The maximum Gasteiger partial charge on any atom is 0.251 e. The Bertz CT molecular complexity index is 1260. The maximum atomic E-state index is 12.9. The first-order valence-corrected chi connectivity index (χ1v) is 11.0. The molecular weight excluding hydrogens is 412 g/mol. The lowest BCUT2D eigenvalue weighted by molar-refractivity contribution is 0.0939. The van der Waals surface area contributed by atoms with Crippen molar-refractivity contribution >= 4 is 5.91 Å². The molecule has 1 amide bonds. The molecule has 33 heavy (non-hydrogen) atoms. The minimum atomic E-state index is -0.166. The van der Waals surface area contributed by atoms with Gasteiger partial charge in [0.15, 0.2) is 0 Å². The van der Waals surface area contributed by atoms with Gasteiger partial charge in [0.25, 0.3) is 5.91 Å². The lowest BCUT2D eigenvalue weighted by Crippen LogP contribution is -2.26. The third kappa shape index (κ3) is 5.23. The second-order valence-corrected chi connectivity index (χ2v) is 7.76. The summed E-state index contributed by atoms with van der Waals surface area (Å²) in [6.45, 7) is 5.91. The summed E-state index contributed by atoms with van der Waals surface area (Å²) in [6, 6.07) is 20.8. The Balaban J connectivity index is 1.59. The van der Waals surface area contributed by atoms with Gasteiger partial charge in [0, 0.05) is 24.4 Å². The number of ether oxygens (including phenoxy) is 1. The first kappa shape index (κ1) is 22.1. The van der Waals surface area contributed by atoms with E-state index in [1.54, 1.807) is 24.5 Å². The number of hydrogen-bond donors (Lipinski definition) is 1. The number of carbonyl (C=O) groups excluding carboxylic acids is 1. The molecule has 0 spiro atoms. The number of amides is 1. The van der Waals surface area contributed by atoms with Gasteiger partial charge in [0.05, 0.1) is 17.3 Å². The molecule has 0 fully saturated rings. The van der Waals surface area contributed by atoms with Crippen LogP contribution in [0.1, 0.15) is 47.2 Å². The molecule has 0 aliphatic carbocycles. The van der Waals surface area contributed by atoms with Crippen molar-refractivity contribution < 1.29 is 9.53 Å². The molecule has 1 atom stereocenters. The zero-order valence-corrected chi connectivity index (χ0v) is 18.9. The van der Waals surface area contributed by atoms with Crippen molar-refractivity contribution in [3.05, 3.63) is 102 Å². The molecule has 0 saturated heterocycles. The van der Waals surface area contributed by atoms with Crippen LogP contribution in [0.3, 0.4) is 0 Å². The van der Waals surface area contributed by atoms with Crippen LogP contribution >= 0.6 is 0 Å². The van der Waals surface area contributed by atoms with Crippen LogP contribution in [0.25, 0.3) is 11.3 Å². The third-order valence-corrected chi connectivity index (χ3v) is 5.37. The number of rotatable bonds is 7. The molecule has 0 aliphatic heterocycles. The number of hydrogen-bond acceptors (Lipinski definition) is 5. The Morgan fingerprint density at radius 1 is 1.00 bits per heavy atom. The van der Waals surface area contributed by atoms with Crippen LogP contribution in [0.4, 0.5) is 0 Å². The van der Waals surface area contributed by atoms with Gasteiger partial charge in [0.1, 0.15) is 11.6 Å². The van der Waals surface area contributed by atoms with Gasteiger partial charge in [-0.15, -0.1) is 0 Å². The molecule has 2 heterocycles. The Hall–Kier alpha value is -4.06. The largest absolute Gasteiger partial charge is 0.438 e. The quantitative estimate of drug-likeness (QED) is 0.401. The molecular formula is C27H26N4O2. The lowest BCUT2D eigenvalue weighted by atomic mass is 10.1. The van der Waals surface area contributed by atoms with E-state index in [4.69, 9.17) is 4.74 Å². The fraction of sp³-hybridized carbons (Fsp3) is 0.185. The molecule has 6 nitrogen and oxygen atoms in total. The number of nitrogens with zero attached hydrogens (tertiary/aromatic N) is 3. The molecule has 0 saturated carbocycles. The Labute approximate surface area is 193 Å². The first-order chi connectivity index (χ1) is 16.0. The average molecular weight is 439 g/mol. The van der Waals surface area contributed by atoms with Crippen LogP contribution in [-0.2, 0) is 6.42 Å². The standard InChI is InChI=1S/C27H26N4O2/c1-4-25-28-16-14-23(31-25)22-11-8-15-29-27(22)33-24-17-21(13-12-18(24)2)26(32)30-19(3)20-9-6-5-7-10-20/h5-17,19H,4H2,1-3H3,(H,30,32)/t19-/m1/s1. The minimum absolute atomic E-state index is 0.114. The summed E-state index contributed by atoms with van der Waals surface area (Å²) in [6.07, 6.45) is 4.15. The predicted octanol–water partition coefficient (Wildman–Crippen LogP) is 5.69. The van der Waals surface area contributed by atoms with E-state index in [1.165, 1.54) is 0 Å². The van der Waals surface area contributed by atoms with Crippen LogP contribution in [0, 0.1) is 6.92 Å². The second-order valence-electron chi connectivity index (χ2n) is 7.76. The number of carbonyl (C=O) groups is 1. The van der Waals surface area contributed by atoms with Crippen molar-refractivity contribution in [3.8, 4) is 22.9 Å². The third-order valence-electron chi connectivity index (χ3n) is 5.37. The van der Waals surface area contributed by atoms with Gasteiger partial charge >= 0.3 is 0 Å².